The molecule has 2 amide bonds. The Labute approximate surface area is 171 Å². The van der Waals surface area contributed by atoms with Crippen molar-refractivity contribution in [3.8, 4) is 11.5 Å². The highest BCUT2D eigenvalue weighted by Crippen LogP contribution is 2.40. The molecule has 1 N–H and O–H groups in total. The summed E-state index contributed by atoms with van der Waals surface area (Å²) in [5.74, 6) is 0.338. The predicted octanol–water partition coefficient (Wildman–Crippen LogP) is 3.37. The van der Waals surface area contributed by atoms with Crippen LogP contribution in [0.4, 0.5) is 5.69 Å². The summed E-state index contributed by atoms with van der Waals surface area (Å²) in [6.07, 6.45) is 0. The van der Waals surface area contributed by atoms with Crippen molar-refractivity contribution in [3.05, 3.63) is 58.0 Å². The van der Waals surface area contributed by atoms with Gasteiger partial charge in [0.15, 0.2) is 11.5 Å². The van der Waals surface area contributed by atoms with E-state index in [1.165, 1.54) is 14.2 Å². The molecule has 0 spiro atoms. The first-order valence-electron chi connectivity index (χ1n) is 8.36. The van der Waals surface area contributed by atoms with Gasteiger partial charge in [-0.3, -0.25) is 9.59 Å². The zero-order valence-electron chi connectivity index (χ0n) is 15.3. The maximum atomic E-state index is 13.2. The lowest BCUT2D eigenvalue weighted by molar-refractivity contribution is -0.119. The fourth-order valence-electron chi connectivity index (χ4n) is 2.89. The normalized spacial score (nSPS) is 14.1. The van der Waals surface area contributed by atoms with Crippen LogP contribution >= 0.6 is 23.4 Å². The van der Waals surface area contributed by atoms with Crippen molar-refractivity contribution >= 4 is 46.4 Å². The van der Waals surface area contributed by atoms with E-state index in [1.54, 1.807) is 42.5 Å². The summed E-state index contributed by atoms with van der Waals surface area (Å²) in [6.45, 7) is -0.119. The van der Waals surface area contributed by atoms with E-state index in [9.17, 15) is 14.7 Å². The zero-order chi connectivity index (χ0) is 20.3. The Kier molecular flexibility index (Phi) is 6.28. The number of hydrogen-bond acceptors (Lipinski definition) is 6. The average molecular weight is 420 g/mol. The Hall–Kier alpha value is -2.48. The number of methoxy groups -OCH3 is 2. The number of halogens is 1. The monoisotopic (exact) mass is 419 g/mol. The molecule has 28 heavy (non-hydrogen) atoms. The molecule has 1 heterocycles. The van der Waals surface area contributed by atoms with Gasteiger partial charge in [0, 0.05) is 10.8 Å². The number of benzene rings is 2. The number of ether oxygens (including phenoxy) is 2. The number of amides is 2. The quantitative estimate of drug-likeness (QED) is 0.693. The van der Waals surface area contributed by atoms with Crippen LogP contribution in [0.3, 0.4) is 0 Å². The summed E-state index contributed by atoms with van der Waals surface area (Å²) in [5, 5.41) is 9.62. The number of carbonyl (C=O) groups is 2. The third-order valence-electron chi connectivity index (χ3n) is 4.12. The molecule has 0 atom stereocenters. The summed E-state index contributed by atoms with van der Waals surface area (Å²) in [4.78, 5) is 27.6. The Morgan fingerprint density at radius 1 is 1.04 bits per heavy atom. The van der Waals surface area contributed by atoms with Crippen LogP contribution < -0.4 is 14.4 Å². The van der Waals surface area contributed by atoms with Gasteiger partial charge in [-0.15, -0.1) is 11.8 Å². The van der Waals surface area contributed by atoms with Crippen molar-refractivity contribution in [2.24, 2.45) is 0 Å². The first-order chi connectivity index (χ1) is 13.5. The van der Waals surface area contributed by atoms with Gasteiger partial charge in [-0.2, -0.15) is 0 Å². The van der Waals surface area contributed by atoms with Crippen LogP contribution in [0.25, 0.3) is 5.57 Å². The Balaban J connectivity index is 2.11. The van der Waals surface area contributed by atoms with Crippen LogP contribution in [0.5, 0.6) is 11.5 Å². The van der Waals surface area contributed by atoms with Crippen LogP contribution in [-0.4, -0.2) is 43.5 Å². The van der Waals surface area contributed by atoms with Gasteiger partial charge >= 0.3 is 0 Å². The summed E-state index contributed by atoms with van der Waals surface area (Å²) in [6, 6.07) is 11.6. The van der Waals surface area contributed by atoms with E-state index in [2.05, 4.69) is 0 Å². The van der Waals surface area contributed by atoms with Gasteiger partial charge in [0.2, 0.25) is 0 Å². The van der Waals surface area contributed by atoms with Gasteiger partial charge < -0.3 is 14.6 Å². The molecule has 2 aromatic carbocycles. The molecule has 0 fully saturated rings. The van der Waals surface area contributed by atoms with Gasteiger partial charge in [-0.1, -0.05) is 23.7 Å². The molecule has 0 aliphatic carbocycles. The maximum Gasteiger partial charge on any atom is 0.272 e. The van der Waals surface area contributed by atoms with E-state index in [4.69, 9.17) is 21.1 Å². The van der Waals surface area contributed by atoms with E-state index in [0.717, 1.165) is 16.7 Å². The number of thioether (sulfide) groups is 1. The molecule has 146 valence electrons. The SMILES string of the molecule is COc1ccc(C2=C(SCCO)C(=O)N(c3cccc(Cl)c3)C2=O)cc1OC. The van der Waals surface area contributed by atoms with Crippen LogP contribution in [0.1, 0.15) is 5.56 Å². The second-order valence-electron chi connectivity index (χ2n) is 5.77. The lowest BCUT2D eigenvalue weighted by Gasteiger charge is -2.15. The third-order valence-corrected chi connectivity index (χ3v) is 5.41. The Morgan fingerprint density at radius 3 is 2.43 bits per heavy atom. The van der Waals surface area contributed by atoms with Gasteiger partial charge in [0.25, 0.3) is 11.8 Å². The smallest absolute Gasteiger partial charge is 0.272 e. The fourth-order valence-corrected chi connectivity index (χ4v) is 3.93. The number of nitrogens with zero attached hydrogens (tertiary/aromatic N) is 1. The second kappa shape index (κ2) is 8.68. The predicted molar refractivity (Wildman–Crippen MR) is 110 cm³/mol. The van der Waals surface area contributed by atoms with Crippen molar-refractivity contribution in [1.29, 1.82) is 0 Å². The first-order valence-corrected chi connectivity index (χ1v) is 9.72. The molecular formula is C20H18ClNO5S. The van der Waals surface area contributed by atoms with Gasteiger partial charge in [-0.25, -0.2) is 4.90 Å². The molecule has 0 saturated carbocycles. The van der Waals surface area contributed by atoms with Crippen molar-refractivity contribution in [3.63, 3.8) is 0 Å². The minimum atomic E-state index is -0.458. The number of aliphatic hydroxyl groups excluding tert-OH is 1. The van der Waals surface area contributed by atoms with Crippen LogP contribution in [0, 0.1) is 0 Å². The highest BCUT2D eigenvalue weighted by Gasteiger charge is 2.40. The van der Waals surface area contributed by atoms with E-state index in [1.807, 2.05) is 0 Å². The lowest BCUT2D eigenvalue weighted by atomic mass is 10.1. The summed E-state index contributed by atoms with van der Waals surface area (Å²) >= 11 is 7.17. The average Bonchev–Trinajstić information content (AvgIpc) is 2.95. The number of aliphatic hydroxyl groups is 1. The van der Waals surface area contributed by atoms with E-state index in [-0.39, 0.29) is 22.8 Å². The molecule has 0 unspecified atom stereocenters. The first kappa shape index (κ1) is 20.3. The molecular weight excluding hydrogens is 402 g/mol. The largest absolute Gasteiger partial charge is 0.493 e. The summed E-state index contributed by atoms with van der Waals surface area (Å²) < 4.78 is 10.6. The number of carbonyl (C=O) groups excluding carboxylic acids is 2. The standard InChI is InChI=1S/C20H18ClNO5S/c1-26-15-7-6-12(10-16(15)27-2)17-18(28-9-8-23)20(25)22(19(17)24)14-5-3-4-13(21)11-14/h3-7,10-11,23H,8-9H2,1-2H3. The highest BCUT2D eigenvalue weighted by atomic mass is 35.5. The molecule has 0 saturated heterocycles. The van der Waals surface area contributed by atoms with Gasteiger partial charge in [0.05, 0.1) is 37.0 Å². The summed E-state index contributed by atoms with van der Waals surface area (Å²) in [5.41, 5.74) is 1.17. The molecule has 8 heteroatoms. The number of imide groups is 1. The Morgan fingerprint density at radius 2 is 1.79 bits per heavy atom. The highest BCUT2D eigenvalue weighted by molar-refractivity contribution is 8.04. The van der Waals surface area contributed by atoms with Crippen molar-refractivity contribution in [2.75, 3.05) is 31.5 Å². The third kappa shape index (κ3) is 3.73. The molecule has 1 aliphatic rings. The van der Waals surface area contributed by atoms with Crippen molar-refractivity contribution in [2.45, 2.75) is 0 Å². The Bertz CT molecular complexity index is 959. The minimum absolute atomic E-state index is 0.119. The van der Waals surface area contributed by atoms with Crippen LogP contribution in [0.2, 0.25) is 5.02 Å². The summed E-state index contributed by atoms with van der Waals surface area (Å²) in [7, 11) is 3.02. The van der Waals surface area contributed by atoms with Crippen LogP contribution in [0.15, 0.2) is 47.4 Å². The van der Waals surface area contributed by atoms with E-state index in [0.29, 0.717) is 27.8 Å². The molecule has 2 aromatic rings. The van der Waals surface area contributed by atoms with Crippen molar-refractivity contribution in [1.82, 2.24) is 0 Å². The molecule has 0 radical (unpaired) electrons. The molecule has 1 aliphatic heterocycles. The van der Waals surface area contributed by atoms with Crippen molar-refractivity contribution < 1.29 is 24.2 Å². The molecule has 6 nitrogen and oxygen atoms in total. The van der Waals surface area contributed by atoms with Gasteiger partial charge in [0.1, 0.15) is 0 Å². The molecule has 0 aromatic heterocycles. The maximum absolute atomic E-state index is 13.2. The minimum Gasteiger partial charge on any atom is -0.493 e. The van der Waals surface area contributed by atoms with Gasteiger partial charge in [-0.05, 0) is 35.9 Å². The lowest BCUT2D eigenvalue weighted by Crippen LogP contribution is -2.31. The fraction of sp³-hybridized carbons (Fsp3) is 0.200. The van der Waals surface area contributed by atoms with Crippen LogP contribution in [-0.2, 0) is 9.59 Å². The number of rotatable bonds is 7. The van der Waals surface area contributed by atoms with E-state index < -0.39 is 11.8 Å². The molecule has 0 bridgehead atoms. The molecule has 3 rings (SSSR count). The number of anilines is 1. The second-order valence-corrected chi connectivity index (χ2v) is 7.31. The zero-order valence-corrected chi connectivity index (χ0v) is 16.8. The van der Waals surface area contributed by atoms with E-state index >= 15 is 0 Å². The topological polar surface area (TPSA) is 76.1 Å². The number of hydrogen-bond donors (Lipinski definition) is 1.